The van der Waals surface area contributed by atoms with Crippen LogP contribution in [-0.2, 0) is 11.8 Å². The number of nitrogens with one attached hydrogen (secondary N) is 1. The Morgan fingerprint density at radius 3 is 2.76 bits per heavy atom. The van der Waals surface area contributed by atoms with Crippen molar-refractivity contribution < 1.29 is 4.79 Å². The van der Waals surface area contributed by atoms with E-state index in [1.807, 2.05) is 50.6 Å². The van der Waals surface area contributed by atoms with Gasteiger partial charge in [-0.15, -0.1) is 21.5 Å². The van der Waals surface area contributed by atoms with Gasteiger partial charge in [-0.25, -0.2) is 4.98 Å². The number of nitrogens with zero attached hydrogens (tertiary/aromatic N) is 4. The molecule has 1 N–H and O–H groups in total. The second-order valence-corrected chi connectivity index (χ2v) is 7.88. The number of amides is 1. The molecular formula is C17H19N5OS2. The Labute approximate surface area is 154 Å². The van der Waals surface area contributed by atoms with Gasteiger partial charge in [-0.3, -0.25) is 4.79 Å². The number of aromatic nitrogens is 4. The van der Waals surface area contributed by atoms with Crippen molar-refractivity contribution in [1.29, 1.82) is 0 Å². The van der Waals surface area contributed by atoms with Gasteiger partial charge in [0.15, 0.2) is 16.1 Å². The summed E-state index contributed by atoms with van der Waals surface area (Å²) >= 11 is 2.84. The van der Waals surface area contributed by atoms with Gasteiger partial charge in [-0.1, -0.05) is 35.5 Å². The third-order valence-corrected chi connectivity index (χ3v) is 5.73. The number of anilines is 1. The van der Waals surface area contributed by atoms with Crippen LogP contribution in [0.5, 0.6) is 0 Å². The zero-order valence-electron chi connectivity index (χ0n) is 14.5. The maximum Gasteiger partial charge on any atom is 0.236 e. The second kappa shape index (κ2) is 7.37. The van der Waals surface area contributed by atoms with Crippen LogP contribution in [0.2, 0.25) is 0 Å². The normalized spacial score (nSPS) is 10.9. The first kappa shape index (κ1) is 17.6. The molecule has 0 fully saturated rings. The zero-order valence-corrected chi connectivity index (χ0v) is 16.2. The second-order valence-electron chi connectivity index (χ2n) is 5.73. The van der Waals surface area contributed by atoms with Gasteiger partial charge in [0, 0.05) is 17.5 Å². The van der Waals surface area contributed by atoms with E-state index in [0.717, 1.165) is 22.0 Å². The fourth-order valence-electron chi connectivity index (χ4n) is 2.29. The maximum atomic E-state index is 12.1. The van der Waals surface area contributed by atoms with Crippen molar-refractivity contribution in [2.75, 3.05) is 11.1 Å². The van der Waals surface area contributed by atoms with E-state index in [2.05, 4.69) is 26.6 Å². The Bertz CT molecular complexity index is 896. The summed E-state index contributed by atoms with van der Waals surface area (Å²) in [5.74, 6) is 0.953. The number of hydrogen-bond acceptors (Lipinski definition) is 6. The lowest BCUT2D eigenvalue weighted by Crippen LogP contribution is -2.14. The Kier molecular flexibility index (Phi) is 5.19. The van der Waals surface area contributed by atoms with E-state index >= 15 is 0 Å². The van der Waals surface area contributed by atoms with Crippen LogP contribution in [0.4, 0.5) is 5.13 Å². The standard InChI is InChI=1S/C17H19N5OS2/c1-10-6-5-7-13(8-10)15-20-21-17(22(15)4)24-9-14(23)19-16-18-11(2)12(3)25-16/h5-8H,9H2,1-4H3,(H,18,19,23). The first-order valence-corrected chi connectivity index (χ1v) is 9.57. The van der Waals surface area contributed by atoms with Crippen LogP contribution in [0.3, 0.4) is 0 Å². The molecule has 6 nitrogen and oxygen atoms in total. The van der Waals surface area contributed by atoms with Gasteiger partial charge in [0.1, 0.15) is 0 Å². The lowest BCUT2D eigenvalue weighted by Gasteiger charge is -2.04. The average molecular weight is 374 g/mol. The maximum absolute atomic E-state index is 12.1. The summed E-state index contributed by atoms with van der Waals surface area (Å²) in [7, 11) is 1.91. The van der Waals surface area contributed by atoms with Crippen molar-refractivity contribution in [3.05, 3.63) is 40.4 Å². The summed E-state index contributed by atoms with van der Waals surface area (Å²) < 4.78 is 1.91. The molecular weight excluding hydrogens is 354 g/mol. The summed E-state index contributed by atoms with van der Waals surface area (Å²) in [4.78, 5) is 17.5. The molecule has 8 heteroatoms. The minimum Gasteiger partial charge on any atom is -0.305 e. The SMILES string of the molecule is Cc1cccc(-c2nnc(SCC(=O)Nc3nc(C)c(C)s3)n2C)c1. The van der Waals surface area contributed by atoms with Crippen LogP contribution in [0.15, 0.2) is 29.4 Å². The third kappa shape index (κ3) is 4.08. The fraction of sp³-hybridized carbons (Fsp3) is 0.294. The molecule has 0 aliphatic rings. The number of rotatable bonds is 5. The first-order valence-electron chi connectivity index (χ1n) is 7.77. The van der Waals surface area contributed by atoms with Crippen LogP contribution < -0.4 is 5.32 Å². The van der Waals surface area contributed by atoms with E-state index in [9.17, 15) is 4.79 Å². The molecule has 0 radical (unpaired) electrons. The predicted octanol–water partition coefficient (Wildman–Crippen LogP) is 3.59. The van der Waals surface area contributed by atoms with Gasteiger partial charge in [0.05, 0.1) is 11.4 Å². The van der Waals surface area contributed by atoms with E-state index < -0.39 is 0 Å². The predicted molar refractivity (Wildman–Crippen MR) is 102 cm³/mol. The number of thiazole rings is 1. The van der Waals surface area contributed by atoms with E-state index in [1.165, 1.54) is 28.7 Å². The molecule has 130 valence electrons. The highest BCUT2D eigenvalue weighted by atomic mass is 32.2. The Morgan fingerprint density at radius 2 is 2.08 bits per heavy atom. The Balaban J connectivity index is 1.65. The number of carbonyl (C=O) groups excluding carboxylic acids is 1. The number of carbonyl (C=O) groups is 1. The number of hydrogen-bond donors (Lipinski definition) is 1. The van der Waals surface area contributed by atoms with Gasteiger partial charge in [0.25, 0.3) is 0 Å². The Morgan fingerprint density at radius 1 is 1.28 bits per heavy atom. The lowest BCUT2D eigenvalue weighted by molar-refractivity contribution is -0.113. The molecule has 25 heavy (non-hydrogen) atoms. The highest BCUT2D eigenvalue weighted by Gasteiger charge is 2.14. The van der Waals surface area contributed by atoms with Crippen molar-refractivity contribution in [2.45, 2.75) is 25.9 Å². The van der Waals surface area contributed by atoms with Crippen molar-refractivity contribution in [3.63, 3.8) is 0 Å². The number of benzene rings is 1. The quantitative estimate of drug-likeness (QED) is 0.692. The van der Waals surface area contributed by atoms with E-state index in [1.54, 1.807) is 0 Å². The van der Waals surface area contributed by atoms with Crippen molar-refractivity contribution in [1.82, 2.24) is 19.7 Å². The molecule has 0 atom stereocenters. The molecule has 0 aliphatic heterocycles. The molecule has 0 spiro atoms. The van der Waals surface area contributed by atoms with Crippen LogP contribution >= 0.6 is 23.1 Å². The van der Waals surface area contributed by atoms with Crippen molar-refractivity contribution in [2.24, 2.45) is 7.05 Å². The molecule has 1 amide bonds. The minimum absolute atomic E-state index is 0.0983. The topological polar surface area (TPSA) is 72.7 Å². The smallest absolute Gasteiger partial charge is 0.236 e. The molecule has 0 saturated carbocycles. The summed E-state index contributed by atoms with van der Waals surface area (Å²) in [6.45, 7) is 5.97. The number of aryl methyl sites for hydroxylation is 3. The van der Waals surface area contributed by atoms with Crippen LogP contribution in [0.1, 0.15) is 16.1 Å². The first-order chi connectivity index (χ1) is 11.9. The van der Waals surface area contributed by atoms with Gasteiger partial charge < -0.3 is 9.88 Å². The van der Waals surface area contributed by atoms with Crippen molar-refractivity contribution in [3.8, 4) is 11.4 Å². The summed E-state index contributed by atoms with van der Waals surface area (Å²) in [5, 5.41) is 12.6. The molecule has 3 aromatic rings. The van der Waals surface area contributed by atoms with Gasteiger partial charge in [-0.05, 0) is 26.8 Å². The highest BCUT2D eigenvalue weighted by Crippen LogP contribution is 2.24. The minimum atomic E-state index is -0.0983. The fourth-order valence-corrected chi connectivity index (χ4v) is 3.83. The molecule has 0 bridgehead atoms. The van der Waals surface area contributed by atoms with Gasteiger partial charge in [0.2, 0.25) is 5.91 Å². The molecule has 1 aromatic carbocycles. The van der Waals surface area contributed by atoms with Crippen LogP contribution in [0.25, 0.3) is 11.4 Å². The molecule has 0 saturated heterocycles. The summed E-state index contributed by atoms with van der Waals surface area (Å²) in [6.07, 6.45) is 0. The van der Waals surface area contributed by atoms with Crippen LogP contribution in [0, 0.1) is 20.8 Å². The lowest BCUT2D eigenvalue weighted by atomic mass is 10.1. The molecule has 0 unspecified atom stereocenters. The number of thioether (sulfide) groups is 1. The Hall–Kier alpha value is -2.19. The largest absolute Gasteiger partial charge is 0.305 e. The van der Waals surface area contributed by atoms with Crippen LogP contribution in [-0.4, -0.2) is 31.4 Å². The molecule has 0 aliphatic carbocycles. The van der Waals surface area contributed by atoms with Gasteiger partial charge >= 0.3 is 0 Å². The third-order valence-electron chi connectivity index (χ3n) is 3.72. The average Bonchev–Trinajstić information content (AvgIpc) is 3.08. The highest BCUT2D eigenvalue weighted by molar-refractivity contribution is 7.99. The van der Waals surface area contributed by atoms with Gasteiger partial charge in [-0.2, -0.15) is 0 Å². The molecule has 2 aromatic heterocycles. The monoisotopic (exact) mass is 373 g/mol. The zero-order chi connectivity index (χ0) is 18.0. The van der Waals surface area contributed by atoms with Crippen molar-refractivity contribution >= 4 is 34.1 Å². The summed E-state index contributed by atoms with van der Waals surface area (Å²) in [6, 6.07) is 8.11. The molecule has 3 rings (SSSR count). The van der Waals surface area contributed by atoms with E-state index in [0.29, 0.717) is 10.3 Å². The summed E-state index contributed by atoms with van der Waals surface area (Å²) in [5.41, 5.74) is 3.13. The molecule has 2 heterocycles. The van der Waals surface area contributed by atoms with E-state index in [4.69, 9.17) is 0 Å². The van der Waals surface area contributed by atoms with E-state index in [-0.39, 0.29) is 11.7 Å².